The first-order valence-corrected chi connectivity index (χ1v) is 6.10. The molecule has 0 spiro atoms. The minimum Gasteiger partial charge on any atom is -0.351 e. The standard InChI is InChI=1S/C11H22N4O2/c1-15(9-4-2-3-5-9)7-6-13-8-10(16)14-11(12)17/h9,13H,2-8H2,1H3,(H3,12,14,16,17). The van der Waals surface area contributed by atoms with Crippen molar-refractivity contribution in [1.82, 2.24) is 15.5 Å². The average molecular weight is 242 g/mol. The molecule has 1 fully saturated rings. The number of primary amides is 1. The SMILES string of the molecule is CN(CCNCC(=O)NC(N)=O)C1CCCC1. The van der Waals surface area contributed by atoms with Crippen LogP contribution in [-0.4, -0.2) is 49.6 Å². The van der Waals surface area contributed by atoms with Crippen molar-refractivity contribution in [3.05, 3.63) is 0 Å². The van der Waals surface area contributed by atoms with Crippen LogP contribution >= 0.6 is 0 Å². The lowest BCUT2D eigenvalue weighted by Crippen LogP contribution is -2.42. The molecule has 0 heterocycles. The highest BCUT2D eigenvalue weighted by atomic mass is 16.2. The second-order valence-corrected chi connectivity index (χ2v) is 4.51. The maximum absolute atomic E-state index is 11.1. The Morgan fingerprint density at radius 1 is 1.35 bits per heavy atom. The molecule has 17 heavy (non-hydrogen) atoms. The van der Waals surface area contributed by atoms with E-state index in [9.17, 15) is 9.59 Å². The van der Waals surface area contributed by atoms with Gasteiger partial charge in [-0.2, -0.15) is 0 Å². The van der Waals surface area contributed by atoms with E-state index in [0.29, 0.717) is 6.04 Å². The number of imide groups is 1. The summed E-state index contributed by atoms with van der Waals surface area (Å²) in [5.74, 6) is -0.388. The second kappa shape index (κ2) is 7.24. The number of nitrogens with zero attached hydrogens (tertiary/aromatic N) is 1. The Balaban J connectivity index is 2.03. The smallest absolute Gasteiger partial charge is 0.318 e. The molecule has 0 aromatic carbocycles. The molecule has 0 saturated heterocycles. The summed E-state index contributed by atoms with van der Waals surface area (Å²) in [6, 6.07) is -0.115. The van der Waals surface area contributed by atoms with Crippen molar-refractivity contribution in [1.29, 1.82) is 0 Å². The van der Waals surface area contributed by atoms with Gasteiger partial charge in [-0.15, -0.1) is 0 Å². The summed E-state index contributed by atoms with van der Waals surface area (Å²) < 4.78 is 0. The highest BCUT2D eigenvalue weighted by Gasteiger charge is 2.18. The van der Waals surface area contributed by atoms with E-state index in [4.69, 9.17) is 5.73 Å². The molecular formula is C11H22N4O2. The highest BCUT2D eigenvalue weighted by Crippen LogP contribution is 2.21. The van der Waals surface area contributed by atoms with Crippen LogP contribution in [0, 0.1) is 0 Å². The van der Waals surface area contributed by atoms with Gasteiger partial charge < -0.3 is 16.0 Å². The second-order valence-electron chi connectivity index (χ2n) is 4.51. The van der Waals surface area contributed by atoms with Crippen LogP contribution in [0.15, 0.2) is 0 Å². The van der Waals surface area contributed by atoms with Crippen molar-refractivity contribution < 1.29 is 9.59 Å². The van der Waals surface area contributed by atoms with E-state index in [2.05, 4.69) is 17.3 Å². The van der Waals surface area contributed by atoms with Crippen molar-refractivity contribution in [2.75, 3.05) is 26.7 Å². The van der Waals surface area contributed by atoms with Crippen molar-refractivity contribution in [2.24, 2.45) is 5.73 Å². The fraction of sp³-hybridized carbons (Fsp3) is 0.818. The van der Waals surface area contributed by atoms with Crippen molar-refractivity contribution >= 4 is 11.9 Å². The number of hydrogen-bond acceptors (Lipinski definition) is 4. The van der Waals surface area contributed by atoms with E-state index in [1.807, 2.05) is 5.32 Å². The number of carbonyl (C=O) groups excluding carboxylic acids is 2. The van der Waals surface area contributed by atoms with Crippen LogP contribution in [0.3, 0.4) is 0 Å². The zero-order valence-corrected chi connectivity index (χ0v) is 10.4. The summed E-state index contributed by atoms with van der Waals surface area (Å²) in [4.78, 5) is 23.8. The Morgan fingerprint density at radius 3 is 2.59 bits per heavy atom. The lowest BCUT2D eigenvalue weighted by Gasteiger charge is -2.23. The Hall–Kier alpha value is -1.14. The summed E-state index contributed by atoms with van der Waals surface area (Å²) in [7, 11) is 2.11. The summed E-state index contributed by atoms with van der Waals surface area (Å²) in [5.41, 5.74) is 4.82. The molecule has 0 aromatic rings. The van der Waals surface area contributed by atoms with Crippen molar-refractivity contribution in [3.8, 4) is 0 Å². The lowest BCUT2D eigenvalue weighted by molar-refractivity contribution is -0.119. The topological polar surface area (TPSA) is 87.5 Å². The third-order valence-electron chi connectivity index (χ3n) is 3.14. The monoisotopic (exact) mass is 242 g/mol. The van der Waals surface area contributed by atoms with Gasteiger partial charge in [0.05, 0.1) is 6.54 Å². The normalized spacial score (nSPS) is 16.4. The molecule has 0 aromatic heterocycles. The first-order chi connectivity index (χ1) is 8.09. The van der Waals surface area contributed by atoms with Gasteiger partial charge in [0, 0.05) is 19.1 Å². The molecule has 1 aliphatic carbocycles. The van der Waals surface area contributed by atoms with E-state index in [-0.39, 0.29) is 12.5 Å². The number of amides is 3. The molecule has 1 rings (SSSR count). The van der Waals surface area contributed by atoms with Gasteiger partial charge in [0.25, 0.3) is 0 Å². The molecule has 0 atom stereocenters. The predicted molar refractivity (Wildman–Crippen MR) is 65.5 cm³/mol. The van der Waals surface area contributed by atoms with Crippen LogP contribution in [0.1, 0.15) is 25.7 Å². The summed E-state index contributed by atoms with van der Waals surface area (Å²) >= 11 is 0. The molecule has 0 aliphatic heterocycles. The third-order valence-corrected chi connectivity index (χ3v) is 3.14. The van der Waals surface area contributed by atoms with Gasteiger partial charge >= 0.3 is 6.03 Å². The van der Waals surface area contributed by atoms with Crippen LogP contribution in [0.5, 0.6) is 0 Å². The third kappa shape index (κ3) is 5.65. The Labute approximate surface area is 102 Å². The zero-order chi connectivity index (χ0) is 12.7. The summed E-state index contributed by atoms with van der Waals surface area (Å²) in [5, 5.41) is 4.99. The average Bonchev–Trinajstić information content (AvgIpc) is 2.76. The molecule has 1 aliphatic rings. The fourth-order valence-electron chi connectivity index (χ4n) is 2.17. The van der Waals surface area contributed by atoms with E-state index >= 15 is 0 Å². The Kier molecular flexibility index (Phi) is 5.93. The minimum atomic E-state index is -0.806. The molecule has 3 amide bonds. The maximum Gasteiger partial charge on any atom is 0.318 e. The summed E-state index contributed by atoms with van der Waals surface area (Å²) in [6.45, 7) is 1.77. The largest absolute Gasteiger partial charge is 0.351 e. The number of urea groups is 1. The number of likely N-dealkylation sites (N-methyl/N-ethyl adjacent to an activating group) is 1. The first-order valence-electron chi connectivity index (χ1n) is 6.10. The van der Waals surface area contributed by atoms with Crippen LogP contribution in [0.4, 0.5) is 4.79 Å². The van der Waals surface area contributed by atoms with Crippen LogP contribution in [-0.2, 0) is 4.79 Å². The molecule has 0 bridgehead atoms. The van der Waals surface area contributed by atoms with E-state index in [1.165, 1.54) is 25.7 Å². The van der Waals surface area contributed by atoms with Crippen molar-refractivity contribution in [2.45, 2.75) is 31.7 Å². The molecule has 1 saturated carbocycles. The van der Waals surface area contributed by atoms with Gasteiger partial charge in [-0.05, 0) is 19.9 Å². The Bertz CT molecular complexity index is 264. The van der Waals surface area contributed by atoms with E-state index in [0.717, 1.165) is 13.1 Å². The molecule has 0 unspecified atom stereocenters. The van der Waals surface area contributed by atoms with Gasteiger partial charge in [-0.25, -0.2) is 4.79 Å². The van der Waals surface area contributed by atoms with Gasteiger partial charge in [-0.1, -0.05) is 12.8 Å². The van der Waals surface area contributed by atoms with Gasteiger partial charge in [-0.3, -0.25) is 10.1 Å². The number of nitrogens with two attached hydrogens (primary N) is 1. The Morgan fingerprint density at radius 2 is 2.00 bits per heavy atom. The number of rotatable bonds is 6. The molecule has 98 valence electrons. The van der Waals surface area contributed by atoms with Crippen molar-refractivity contribution in [3.63, 3.8) is 0 Å². The summed E-state index contributed by atoms with van der Waals surface area (Å²) in [6.07, 6.45) is 5.20. The van der Waals surface area contributed by atoms with Crippen LogP contribution in [0.25, 0.3) is 0 Å². The van der Waals surface area contributed by atoms with Gasteiger partial charge in [0.15, 0.2) is 0 Å². The van der Waals surface area contributed by atoms with Crippen LogP contribution < -0.4 is 16.4 Å². The lowest BCUT2D eigenvalue weighted by atomic mass is 10.2. The molecule has 4 N–H and O–H groups in total. The maximum atomic E-state index is 11.1. The number of nitrogens with one attached hydrogen (secondary N) is 2. The van der Waals surface area contributed by atoms with Gasteiger partial charge in [0.1, 0.15) is 0 Å². The van der Waals surface area contributed by atoms with E-state index in [1.54, 1.807) is 0 Å². The first kappa shape index (κ1) is 13.9. The molecular weight excluding hydrogens is 220 g/mol. The number of hydrogen-bond donors (Lipinski definition) is 3. The minimum absolute atomic E-state index is 0.126. The number of carbonyl (C=O) groups is 2. The fourth-order valence-corrected chi connectivity index (χ4v) is 2.17. The molecule has 6 nitrogen and oxygen atoms in total. The van der Waals surface area contributed by atoms with E-state index < -0.39 is 6.03 Å². The highest BCUT2D eigenvalue weighted by molar-refractivity contribution is 5.94. The molecule has 6 heteroatoms. The predicted octanol–water partition coefficient (Wildman–Crippen LogP) is -0.355. The van der Waals surface area contributed by atoms with Crippen LogP contribution in [0.2, 0.25) is 0 Å². The van der Waals surface area contributed by atoms with Gasteiger partial charge in [0.2, 0.25) is 5.91 Å². The molecule has 0 radical (unpaired) electrons. The quantitative estimate of drug-likeness (QED) is 0.555. The zero-order valence-electron chi connectivity index (χ0n) is 10.4.